The molecule has 0 aromatic heterocycles. The smallest absolute Gasteiger partial charge is 0.333 e. The maximum Gasteiger partial charge on any atom is 0.333 e. The number of carbonyl (C=O) groups is 4. The zero-order valence-electron chi connectivity index (χ0n) is 11.0. The van der Waals surface area contributed by atoms with Crippen LogP contribution in [0.15, 0.2) is 0 Å². The fourth-order valence-corrected chi connectivity index (χ4v) is 1.58. The fraction of sp³-hybridized carbons (Fsp3) is 0.538. The lowest BCUT2D eigenvalue weighted by atomic mass is 10.2. The maximum atomic E-state index is 11.4. The molecule has 7 heteroatoms. The average Bonchev–Trinajstić information content (AvgIpc) is 2.70. The number of nitrogens with zero attached hydrogens (tertiary/aromatic N) is 1. The van der Waals surface area contributed by atoms with Crippen molar-refractivity contribution in [3.8, 4) is 12.3 Å². The molecule has 1 aliphatic rings. The van der Waals surface area contributed by atoms with Gasteiger partial charge in [0.05, 0.1) is 6.42 Å². The summed E-state index contributed by atoms with van der Waals surface area (Å²) in [7, 11) is 0. The molecule has 0 atom stereocenters. The summed E-state index contributed by atoms with van der Waals surface area (Å²) in [4.78, 5) is 49.5. The Kier molecular flexibility index (Phi) is 6.23. The van der Waals surface area contributed by atoms with Gasteiger partial charge in [-0.2, -0.15) is 0 Å². The van der Waals surface area contributed by atoms with E-state index in [0.29, 0.717) is 24.4 Å². The molecule has 20 heavy (non-hydrogen) atoms. The molecule has 1 saturated heterocycles. The van der Waals surface area contributed by atoms with Crippen LogP contribution < -0.4 is 5.32 Å². The van der Waals surface area contributed by atoms with E-state index >= 15 is 0 Å². The molecule has 3 amide bonds. The summed E-state index contributed by atoms with van der Waals surface area (Å²) >= 11 is 0. The van der Waals surface area contributed by atoms with Crippen molar-refractivity contribution in [1.29, 1.82) is 0 Å². The van der Waals surface area contributed by atoms with Gasteiger partial charge < -0.3 is 10.2 Å². The van der Waals surface area contributed by atoms with Crippen molar-refractivity contribution in [3.05, 3.63) is 0 Å². The zero-order valence-corrected chi connectivity index (χ0v) is 11.0. The van der Waals surface area contributed by atoms with Gasteiger partial charge in [0.25, 0.3) is 11.8 Å². The van der Waals surface area contributed by atoms with Crippen molar-refractivity contribution in [1.82, 2.24) is 10.4 Å². The molecule has 0 radical (unpaired) electrons. The summed E-state index contributed by atoms with van der Waals surface area (Å²) in [6.45, 7) is 0.412. The highest BCUT2D eigenvalue weighted by atomic mass is 16.7. The van der Waals surface area contributed by atoms with Crippen LogP contribution in [0, 0.1) is 12.3 Å². The minimum atomic E-state index is -0.636. The molecular weight excluding hydrogens is 264 g/mol. The number of terminal acetylenes is 1. The monoisotopic (exact) mass is 280 g/mol. The largest absolute Gasteiger partial charge is 0.355 e. The van der Waals surface area contributed by atoms with E-state index in [-0.39, 0.29) is 31.6 Å². The minimum Gasteiger partial charge on any atom is -0.355 e. The van der Waals surface area contributed by atoms with Gasteiger partial charge in [0.1, 0.15) is 0 Å². The lowest BCUT2D eigenvalue weighted by Crippen LogP contribution is -2.32. The molecule has 0 unspecified atom stereocenters. The molecule has 1 rings (SSSR count). The van der Waals surface area contributed by atoms with E-state index in [1.807, 2.05) is 0 Å². The summed E-state index contributed by atoms with van der Waals surface area (Å²) in [6, 6.07) is 0. The van der Waals surface area contributed by atoms with Crippen molar-refractivity contribution in [2.24, 2.45) is 0 Å². The fourth-order valence-electron chi connectivity index (χ4n) is 1.58. The van der Waals surface area contributed by atoms with E-state index in [1.54, 1.807) is 0 Å². The third-order valence-electron chi connectivity index (χ3n) is 2.59. The van der Waals surface area contributed by atoms with Crippen LogP contribution in [0.1, 0.15) is 38.5 Å². The number of hydrogen-bond acceptors (Lipinski definition) is 5. The number of nitrogens with one attached hydrogen (secondary N) is 1. The van der Waals surface area contributed by atoms with E-state index in [9.17, 15) is 19.2 Å². The first-order valence-electron chi connectivity index (χ1n) is 6.31. The Hall–Kier alpha value is -2.36. The molecule has 0 aromatic rings. The summed E-state index contributed by atoms with van der Waals surface area (Å²) in [6.07, 6.45) is 6.28. The average molecular weight is 280 g/mol. The number of carbonyl (C=O) groups excluding carboxylic acids is 4. The van der Waals surface area contributed by atoms with Gasteiger partial charge in [-0.15, -0.1) is 11.5 Å². The van der Waals surface area contributed by atoms with E-state index in [1.165, 1.54) is 0 Å². The van der Waals surface area contributed by atoms with Gasteiger partial charge in [0.2, 0.25) is 5.91 Å². The van der Waals surface area contributed by atoms with E-state index in [0.717, 1.165) is 0 Å². The number of amides is 3. The SMILES string of the molecule is C#CCC(=O)NCCCCC(=O)ON1C(=O)CCC1=O. The standard InChI is InChI=1S/C13H16N2O5/c1-2-5-10(16)14-9-4-3-6-13(19)20-15-11(17)7-8-12(15)18/h1H,3-9H2,(H,14,16). The Balaban J connectivity index is 2.12. The van der Waals surface area contributed by atoms with Crippen LogP contribution in [0.3, 0.4) is 0 Å². The van der Waals surface area contributed by atoms with Crippen LogP contribution in [0.25, 0.3) is 0 Å². The van der Waals surface area contributed by atoms with Crippen LogP contribution in [0.2, 0.25) is 0 Å². The first-order chi connectivity index (χ1) is 9.54. The Labute approximate surface area is 116 Å². The predicted molar refractivity (Wildman–Crippen MR) is 67.5 cm³/mol. The zero-order chi connectivity index (χ0) is 15.0. The van der Waals surface area contributed by atoms with Crippen molar-refractivity contribution in [2.45, 2.75) is 38.5 Å². The molecule has 1 N–H and O–H groups in total. The number of hydroxylamine groups is 2. The third kappa shape index (κ3) is 5.10. The van der Waals surface area contributed by atoms with Crippen molar-refractivity contribution >= 4 is 23.7 Å². The Bertz CT molecular complexity index is 436. The second-order valence-corrected chi connectivity index (χ2v) is 4.23. The molecule has 0 aromatic carbocycles. The molecule has 108 valence electrons. The van der Waals surface area contributed by atoms with Gasteiger partial charge in [-0.1, -0.05) is 5.92 Å². The van der Waals surface area contributed by atoms with Gasteiger partial charge in [-0.25, -0.2) is 4.79 Å². The van der Waals surface area contributed by atoms with Crippen molar-refractivity contribution in [3.63, 3.8) is 0 Å². The highest BCUT2D eigenvalue weighted by molar-refractivity contribution is 6.01. The molecule has 1 fully saturated rings. The lowest BCUT2D eigenvalue weighted by molar-refractivity contribution is -0.197. The molecular formula is C13H16N2O5. The number of unbranched alkanes of at least 4 members (excludes halogenated alkanes) is 1. The van der Waals surface area contributed by atoms with Gasteiger partial charge in [0, 0.05) is 25.8 Å². The number of hydrogen-bond donors (Lipinski definition) is 1. The molecule has 0 bridgehead atoms. The normalized spacial score (nSPS) is 14.1. The van der Waals surface area contributed by atoms with E-state index < -0.39 is 17.8 Å². The summed E-state index contributed by atoms with van der Waals surface area (Å²) in [5.41, 5.74) is 0. The van der Waals surface area contributed by atoms with Crippen LogP contribution >= 0.6 is 0 Å². The summed E-state index contributed by atoms with van der Waals surface area (Å²) in [5.74, 6) is 0.360. The maximum absolute atomic E-state index is 11.4. The molecule has 1 heterocycles. The highest BCUT2D eigenvalue weighted by Crippen LogP contribution is 2.13. The number of imide groups is 1. The quantitative estimate of drug-likeness (QED) is 0.399. The second kappa shape index (κ2) is 7.94. The van der Waals surface area contributed by atoms with Gasteiger partial charge >= 0.3 is 5.97 Å². The number of rotatable bonds is 7. The minimum absolute atomic E-state index is 0.0290. The second-order valence-electron chi connectivity index (χ2n) is 4.23. The van der Waals surface area contributed by atoms with E-state index in [4.69, 9.17) is 6.42 Å². The van der Waals surface area contributed by atoms with Crippen molar-refractivity contribution < 1.29 is 24.0 Å². The summed E-state index contributed by atoms with van der Waals surface area (Å²) in [5, 5.41) is 3.12. The van der Waals surface area contributed by atoms with Crippen LogP contribution in [-0.2, 0) is 24.0 Å². The van der Waals surface area contributed by atoms with E-state index in [2.05, 4.69) is 16.1 Å². The lowest BCUT2D eigenvalue weighted by Gasteiger charge is -2.12. The summed E-state index contributed by atoms with van der Waals surface area (Å²) < 4.78 is 0. The van der Waals surface area contributed by atoms with Crippen molar-refractivity contribution in [2.75, 3.05) is 6.54 Å². The first kappa shape index (κ1) is 15.7. The molecule has 0 saturated carbocycles. The molecule has 0 aliphatic carbocycles. The Morgan fingerprint density at radius 1 is 1.25 bits per heavy atom. The van der Waals surface area contributed by atoms with Crippen LogP contribution in [0.4, 0.5) is 0 Å². The van der Waals surface area contributed by atoms with Gasteiger partial charge in [0.15, 0.2) is 0 Å². The predicted octanol–water partition coefficient (Wildman–Crippen LogP) is -0.0966. The third-order valence-corrected chi connectivity index (χ3v) is 2.59. The Morgan fingerprint density at radius 3 is 2.50 bits per heavy atom. The van der Waals surface area contributed by atoms with Gasteiger partial charge in [-0.3, -0.25) is 14.4 Å². The van der Waals surface area contributed by atoms with Crippen LogP contribution in [0.5, 0.6) is 0 Å². The highest BCUT2D eigenvalue weighted by Gasteiger charge is 2.32. The Morgan fingerprint density at radius 2 is 1.90 bits per heavy atom. The van der Waals surface area contributed by atoms with Crippen LogP contribution in [-0.4, -0.2) is 35.3 Å². The topological polar surface area (TPSA) is 92.8 Å². The molecule has 1 aliphatic heterocycles. The molecule has 7 nitrogen and oxygen atoms in total. The first-order valence-corrected chi connectivity index (χ1v) is 6.31. The molecule has 0 spiro atoms. The van der Waals surface area contributed by atoms with Gasteiger partial charge in [-0.05, 0) is 12.8 Å².